The first kappa shape index (κ1) is 49.8. The molecule has 310 valence electrons. The van der Waals surface area contributed by atoms with Gasteiger partial charge in [0, 0.05) is 13.0 Å². The quantitative estimate of drug-likeness (QED) is 0.0186. The highest BCUT2D eigenvalue weighted by Gasteiger charge is 2.51. The molecule has 0 amide bonds. The van der Waals surface area contributed by atoms with E-state index in [9.17, 15) is 39.8 Å². The summed E-state index contributed by atoms with van der Waals surface area (Å²) >= 11 is 0. The zero-order valence-electron chi connectivity index (χ0n) is 32.5. The van der Waals surface area contributed by atoms with Crippen molar-refractivity contribution in [3.8, 4) is 0 Å². The number of allylic oxidation sites excluding steroid dienone is 12. The Morgan fingerprint density at radius 2 is 1.09 bits per heavy atom. The third-order valence-electron chi connectivity index (χ3n) is 8.56. The van der Waals surface area contributed by atoms with E-state index in [-0.39, 0.29) is 13.0 Å². The van der Waals surface area contributed by atoms with Crippen LogP contribution in [0.25, 0.3) is 0 Å². The lowest BCUT2D eigenvalue weighted by molar-refractivity contribution is -0.220. The fraction of sp³-hybridized carbons (Fsp3) is 0.683. The smallest absolute Gasteiger partial charge is 0.457 e. The zero-order valence-corrected chi connectivity index (χ0v) is 33.4. The molecule has 6 unspecified atom stereocenters. The molecule has 0 spiro atoms. The predicted octanol–water partition coefficient (Wildman–Crippen LogP) is 6.85. The summed E-state index contributed by atoms with van der Waals surface area (Å²) < 4.78 is 33.9. The Bertz CT molecular complexity index is 1170. The van der Waals surface area contributed by atoms with E-state index in [2.05, 4.69) is 68.5 Å². The van der Waals surface area contributed by atoms with Gasteiger partial charge in [0.25, 0.3) is 0 Å². The summed E-state index contributed by atoms with van der Waals surface area (Å²) in [6, 6.07) is 0. The highest BCUT2D eigenvalue weighted by Crippen LogP contribution is 2.47. The minimum atomic E-state index is -5.04. The summed E-state index contributed by atoms with van der Waals surface area (Å²) in [6.45, 7) is 3.93. The Labute approximate surface area is 323 Å². The molecule has 12 nitrogen and oxygen atoms in total. The van der Waals surface area contributed by atoms with Gasteiger partial charge in [-0.25, -0.2) is 4.57 Å². The number of carbonyl (C=O) groups is 1. The topological polar surface area (TPSA) is 192 Å². The van der Waals surface area contributed by atoms with E-state index in [4.69, 9.17) is 18.5 Å². The molecule has 0 saturated heterocycles. The van der Waals surface area contributed by atoms with Crippen molar-refractivity contribution in [1.82, 2.24) is 0 Å². The van der Waals surface area contributed by atoms with Crippen LogP contribution in [0.5, 0.6) is 0 Å². The average Bonchev–Trinajstić information content (AvgIpc) is 3.15. The van der Waals surface area contributed by atoms with Crippen molar-refractivity contribution in [2.24, 2.45) is 0 Å². The summed E-state index contributed by atoms with van der Waals surface area (Å²) in [7, 11) is -5.04. The number of phosphoric acid groups is 1. The number of hydrogen-bond donors (Lipinski definition) is 6. The Morgan fingerprint density at radius 3 is 1.67 bits per heavy atom. The summed E-state index contributed by atoms with van der Waals surface area (Å²) in [5.74, 6) is -0.565. The molecule has 54 heavy (non-hydrogen) atoms. The van der Waals surface area contributed by atoms with Crippen molar-refractivity contribution in [2.75, 3.05) is 19.8 Å². The van der Waals surface area contributed by atoms with Gasteiger partial charge in [-0.1, -0.05) is 119 Å². The van der Waals surface area contributed by atoms with Crippen molar-refractivity contribution in [3.05, 3.63) is 72.9 Å². The first-order valence-corrected chi connectivity index (χ1v) is 21.3. The number of rotatable bonds is 31. The van der Waals surface area contributed by atoms with E-state index in [1.807, 2.05) is 18.2 Å². The summed E-state index contributed by atoms with van der Waals surface area (Å²) in [4.78, 5) is 23.0. The molecule has 0 aromatic carbocycles. The minimum Gasteiger partial charge on any atom is -0.457 e. The fourth-order valence-corrected chi connectivity index (χ4v) is 6.38. The fourth-order valence-electron chi connectivity index (χ4n) is 5.40. The van der Waals surface area contributed by atoms with Crippen molar-refractivity contribution in [2.45, 2.75) is 159 Å². The molecule has 0 aliphatic heterocycles. The van der Waals surface area contributed by atoms with E-state index in [1.54, 1.807) is 0 Å². The highest BCUT2D eigenvalue weighted by atomic mass is 31.2. The molecule has 0 bridgehead atoms. The van der Waals surface area contributed by atoms with Crippen LogP contribution >= 0.6 is 7.82 Å². The average molecular weight is 785 g/mol. The second-order valence-corrected chi connectivity index (χ2v) is 14.8. The molecule has 0 radical (unpaired) electrons. The molecule has 1 rings (SSSR count). The van der Waals surface area contributed by atoms with Crippen LogP contribution in [0.15, 0.2) is 72.9 Å². The number of unbranched alkanes of at least 4 members (excludes halogenated alkanes) is 7. The second kappa shape index (κ2) is 31.9. The van der Waals surface area contributed by atoms with Crippen LogP contribution in [0, 0.1) is 0 Å². The molecule has 1 saturated carbocycles. The third kappa shape index (κ3) is 24.3. The standard InChI is InChI=1S/C41H69O12P/c1-3-5-7-9-11-13-15-17-19-21-23-25-27-29-31-50-32-34(33-51-54(48,49)53-41-39(46)37(44)36(43)38(45)40(41)47)52-35(42)30-28-26-24-22-20-18-16-14-12-10-8-6-4-2/h6-9,12-15,18,20,24,26,34,36-41,43-47H,3-5,10-11,16-17,19,21-23,25,27-33H2,1-2H3,(H,48,49)/b8-6-,9-7-,14-12-,15-13-,20-18-,26-24-. The molecular weight excluding hydrogens is 715 g/mol. The van der Waals surface area contributed by atoms with Gasteiger partial charge in [-0.05, 0) is 64.2 Å². The molecular formula is C41H69O12P. The van der Waals surface area contributed by atoms with Gasteiger partial charge in [-0.15, -0.1) is 0 Å². The van der Waals surface area contributed by atoms with Gasteiger partial charge in [0.2, 0.25) is 0 Å². The molecule has 0 aromatic heterocycles. The minimum absolute atomic E-state index is 0.0579. The van der Waals surface area contributed by atoms with Crippen LogP contribution in [-0.4, -0.2) is 98.9 Å². The lowest BCUT2D eigenvalue weighted by Gasteiger charge is -2.41. The normalized spacial score (nSPS) is 24.2. The number of hydrogen-bond acceptors (Lipinski definition) is 11. The van der Waals surface area contributed by atoms with Crippen LogP contribution < -0.4 is 0 Å². The highest BCUT2D eigenvalue weighted by molar-refractivity contribution is 7.47. The van der Waals surface area contributed by atoms with E-state index in [0.717, 1.165) is 83.5 Å². The Morgan fingerprint density at radius 1 is 0.611 bits per heavy atom. The number of carbonyl (C=O) groups excluding carboxylic acids is 1. The summed E-state index contributed by atoms with van der Waals surface area (Å²) in [6.07, 6.45) is 27.1. The monoisotopic (exact) mass is 784 g/mol. The van der Waals surface area contributed by atoms with E-state index >= 15 is 0 Å². The number of aliphatic hydroxyl groups is 5. The van der Waals surface area contributed by atoms with Crippen molar-refractivity contribution in [3.63, 3.8) is 0 Å². The van der Waals surface area contributed by atoms with Crippen LogP contribution in [0.4, 0.5) is 0 Å². The maximum Gasteiger partial charge on any atom is 0.472 e. The molecule has 0 heterocycles. The van der Waals surface area contributed by atoms with Crippen LogP contribution in [0.3, 0.4) is 0 Å². The molecule has 6 N–H and O–H groups in total. The first-order chi connectivity index (χ1) is 26.0. The van der Waals surface area contributed by atoms with Gasteiger partial charge in [0.1, 0.15) is 42.7 Å². The van der Waals surface area contributed by atoms with E-state index < -0.39 is 63.1 Å². The maximum absolute atomic E-state index is 12.7. The Hall–Kier alpha value is -2.22. The second-order valence-electron chi connectivity index (χ2n) is 13.4. The van der Waals surface area contributed by atoms with Gasteiger partial charge in [-0.3, -0.25) is 13.8 Å². The van der Waals surface area contributed by atoms with Gasteiger partial charge in [0.15, 0.2) is 0 Å². The SMILES string of the molecule is CC/C=C\C/C=C\C/C=C\C/C=C\CCC(=O)OC(COCCCCCCCC/C=C\C/C=C\CCC)COP(=O)(O)OC1C(O)C(O)C(O)C(O)C1O. The maximum atomic E-state index is 12.7. The van der Waals surface area contributed by atoms with Gasteiger partial charge in [-0.2, -0.15) is 0 Å². The van der Waals surface area contributed by atoms with Crippen LogP contribution in [-0.2, 0) is 27.9 Å². The van der Waals surface area contributed by atoms with Gasteiger partial charge >= 0.3 is 13.8 Å². The Balaban J connectivity index is 2.53. The van der Waals surface area contributed by atoms with Crippen LogP contribution in [0.2, 0.25) is 0 Å². The predicted molar refractivity (Wildman–Crippen MR) is 211 cm³/mol. The number of esters is 1. The number of phosphoric ester groups is 1. The molecule has 1 aliphatic rings. The molecule has 0 aromatic rings. The number of ether oxygens (including phenoxy) is 2. The first-order valence-electron chi connectivity index (χ1n) is 19.8. The van der Waals surface area contributed by atoms with Gasteiger partial charge in [0.05, 0.1) is 13.2 Å². The van der Waals surface area contributed by atoms with Crippen LogP contribution in [0.1, 0.15) is 117 Å². The van der Waals surface area contributed by atoms with Gasteiger partial charge < -0.3 is 39.9 Å². The third-order valence-corrected chi connectivity index (χ3v) is 9.54. The van der Waals surface area contributed by atoms with E-state index in [1.165, 1.54) is 6.42 Å². The lowest BCUT2D eigenvalue weighted by Crippen LogP contribution is -2.64. The molecule has 1 fully saturated rings. The summed E-state index contributed by atoms with van der Waals surface area (Å²) in [5, 5.41) is 50.0. The lowest BCUT2D eigenvalue weighted by atomic mass is 9.85. The van der Waals surface area contributed by atoms with Crippen molar-refractivity contribution >= 4 is 13.8 Å². The number of aliphatic hydroxyl groups excluding tert-OH is 5. The molecule has 6 atom stereocenters. The molecule has 13 heteroatoms. The zero-order chi connectivity index (χ0) is 39.9. The van der Waals surface area contributed by atoms with E-state index in [0.29, 0.717) is 13.0 Å². The Kier molecular flexibility index (Phi) is 29.4. The molecule has 1 aliphatic carbocycles. The largest absolute Gasteiger partial charge is 0.472 e. The van der Waals surface area contributed by atoms with Crippen molar-refractivity contribution in [1.29, 1.82) is 0 Å². The summed E-state index contributed by atoms with van der Waals surface area (Å²) in [5.41, 5.74) is 0. The van der Waals surface area contributed by atoms with Crippen molar-refractivity contribution < 1.29 is 58.3 Å².